The number of fused-ring (bicyclic) bond motifs is 1. The van der Waals surface area contributed by atoms with Crippen LogP contribution in [0.15, 0.2) is 12.1 Å². The monoisotopic (exact) mass is 292 g/mol. The van der Waals surface area contributed by atoms with E-state index in [1.54, 1.807) is 14.2 Å². The van der Waals surface area contributed by atoms with Crippen molar-refractivity contribution in [3.63, 3.8) is 0 Å². The Kier molecular flexibility index (Phi) is 4.73. The van der Waals surface area contributed by atoms with Gasteiger partial charge in [-0.05, 0) is 32.1 Å². The third-order valence-corrected chi connectivity index (χ3v) is 4.06. The molecule has 0 fully saturated rings. The number of ether oxygens (including phenoxy) is 2. The van der Waals surface area contributed by atoms with Gasteiger partial charge in [-0.3, -0.25) is 4.79 Å². The summed E-state index contributed by atoms with van der Waals surface area (Å²) in [5.41, 5.74) is 2.07. The Morgan fingerprint density at radius 3 is 2.43 bits per heavy atom. The molecule has 1 atom stereocenters. The molecule has 0 aromatic heterocycles. The molecule has 5 nitrogen and oxygen atoms in total. The van der Waals surface area contributed by atoms with Crippen molar-refractivity contribution in [2.24, 2.45) is 0 Å². The summed E-state index contributed by atoms with van der Waals surface area (Å²) < 4.78 is 10.7. The molecule has 1 aromatic rings. The molecule has 0 unspecified atom stereocenters. The minimum absolute atomic E-state index is 0.134. The molecule has 1 aromatic carbocycles. The first-order valence-corrected chi connectivity index (χ1v) is 7.23. The van der Waals surface area contributed by atoms with Gasteiger partial charge in [-0.2, -0.15) is 0 Å². The van der Waals surface area contributed by atoms with Crippen LogP contribution in [-0.2, 0) is 11.2 Å². The number of carbonyl (C=O) groups excluding carboxylic acids is 1. The number of amides is 1. The first-order chi connectivity index (χ1) is 10.0. The minimum atomic E-state index is 0.134. The van der Waals surface area contributed by atoms with Gasteiger partial charge in [0.15, 0.2) is 11.5 Å². The van der Waals surface area contributed by atoms with Crippen molar-refractivity contribution in [2.45, 2.75) is 25.8 Å². The van der Waals surface area contributed by atoms with Crippen molar-refractivity contribution in [3.8, 4) is 11.5 Å². The second-order valence-corrected chi connectivity index (χ2v) is 5.52. The second-order valence-electron chi connectivity index (χ2n) is 5.52. The van der Waals surface area contributed by atoms with Gasteiger partial charge in [0.2, 0.25) is 5.91 Å². The molecule has 116 valence electrons. The highest BCUT2D eigenvalue weighted by molar-refractivity contribution is 5.95. The third kappa shape index (κ3) is 2.97. The number of hydrogen-bond donors (Lipinski definition) is 0. The third-order valence-electron chi connectivity index (χ3n) is 4.06. The highest BCUT2D eigenvalue weighted by Crippen LogP contribution is 2.38. The lowest BCUT2D eigenvalue weighted by atomic mass is 9.96. The summed E-state index contributed by atoms with van der Waals surface area (Å²) in [6, 6.07) is 4.21. The van der Waals surface area contributed by atoms with Crippen molar-refractivity contribution in [3.05, 3.63) is 17.7 Å². The fourth-order valence-electron chi connectivity index (χ4n) is 2.73. The quantitative estimate of drug-likeness (QED) is 0.850. The standard InChI is InChI=1S/C16H24N2O3/c1-6-16(19)18-10-12(17(2)3)7-11-8-14(20-4)15(21-5)9-13(11)18/h8-9,12H,6-7,10H2,1-5H3/t12-/m1/s1. The SMILES string of the molecule is CCC(=O)N1C[C@H](N(C)C)Cc2cc(OC)c(OC)cc21. The Bertz CT molecular complexity index is 528. The number of nitrogens with zero attached hydrogens (tertiary/aromatic N) is 2. The summed E-state index contributed by atoms with van der Waals surface area (Å²) >= 11 is 0. The Morgan fingerprint density at radius 2 is 1.90 bits per heavy atom. The van der Waals surface area contributed by atoms with Gasteiger partial charge in [-0.25, -0.2) is 0 Å². The summed E-state index contributed by atoms with van der Waals surface area (Å²) in [5, 5.41) is 0. The van der Waals surface area contributed by atoms with Gasteiger partial charge in [0.1, 0.15) is 0 Å². The molecule has 1 amide bonds. The molecule has 0 spiro atoms. The van der Waals surface area contributed by atoms with Gasteiger partial charge in [0, 0.05) is 25.1 Å². The molecule has 0 radical (unpaired) electrons. The smallest absolute Gasteiger partial charge is 0.226 e. The van der Waals surface area contributed by atoms with Crippen LogP contribution < -0.4 is 14.4 Å². The first kappa shape index (κ1) is 15.6. The van der Waals surface area contributed by atoms with Crippen LogP contribution in [0.5, 0.6) is 11.5 Å². The number of benzene rings is 1. The van der Waals surface area contributed by atoms with Gasteiger partial charge < -0.3 is 19.3 Å². The van der Waals surface area contributed by atoms with E-state index in [-0.39, 0.29) is 5.91 Å². The molecule has 0 N–H and O–H groups in total. The summed E-state index contributed by atoms with van der Waals surface area (Å²) in [7, 11) is 7.34. The zero-order valence-electron chi connectivity index (χ0n) is 13.5. The van der Waals surface area contributed by atoms with Gasteiger partial charge in [-0.1, -0.05) is 6.92 Å². The number of carbonyl (C=O) groups is 1. The van der Waals surface area contributed by atoms with Gasteiger partial charge in [0.25, 0.3) is 0 Å². The van der Waals surface area contributed by atoms with E-state index in [1.165, 1.54) is 0 Å². The van der Waals surface area contributed by atoms with Crippen LogP contribution in [-0.4, -0.2) is 51.7 Å². The van der Waals surface area contributed by atoms with E-state index < -0.39 is 0 Å². The highest BCUT2D eigenvalue weighted by atomic mass is 16.5. The molecule has 21 heavy (non-hydrogen) atoms. The maximum Gasteiger partial charge on any atom is 0.226 e. The van der Waals surface area contributed by atoms with Crippen molar-refractivity contribution >= 4 is 11.6 Å². The van der Waals surface area contributed by atoms with Crippen molar-refractivity contribution in [1.29, 1.82) is 0 Å². The molecule has 1 aliphatic heterocycles. The molecule has 0 saturated carbocycles. The second kappa shape index (κ2) is 6.35. The molecule has 0 bridgehead atoms. The fourth-order valence-corrected chi connectivity index (χ4v) is 2.73. The predicted octanol–water partition coefficient (Wildman–Crippen LogP) is 1.93. The Morgan fingerprint density at radius 1 is 1.29 bits per heavy atom. The van der Waals surface area contributed by atoms with Gasteiger partial charge in [0.05, 0.1) is 19.9 Å². The molecule has 1 heterocycles. The van der Waals surface area contributed by atoms with E-state index in [4.69, 9.17) is 9.47 Å². The molecule has 0 aliphatic carbocycles. The van der Waals surface area contributed by atoms with Crippen molar-refractivity contribution < 1.29 is 14.3 Å². The van der Waals surface area contributed by atoms with Crippen LogP contribution in [0.4, 0.5) is 5.69 Å². The molecule has 5 heteroatoms. The number of hydrogen-bond acceptors (Lipinski definition) is 4. The maximum atomic E-state index is 12.3. The van der Waals surface area contributed by atoms with E-state index in [0.717, 1.165) is 17.7 Å². The van der Waals surface area contributed by atoms with Crippen LogP contribution in [0.25, 0.3) is 0 Å². The zero-order chi connectivity index (χ0) is 15.6. The normalized spacial score (nSPS) is 17.6. The Labute approximate surface area is 126 Å². The van der Waals surface area contributed by atoms with Crippen LogP contribution in [0.2, 0.25) is 0 Å². The van der Waals surface area contributed by atoms with E-state index >= 15 is 0 Å². The number of anilines is 1. The van der Waals surface area contributed by atoms with Crippen LogP contribution in [0, 0.1) is 0 Å². The first-order valence-electron chi connectivity index (χ1n) is 7.23. The Balaban J connectivity index is 2.50. The lowest BCUT2D eigenvalue weighted by molar-refractivity contribution is -0.118. The molecular weight excluding hydrogens is 268 g/mol. The van der Waals surface area contributed by atoms with Crippen LogP contribution in [0.1, 0.15) is 18.9 Å². The van der Waals surface area contributed by atoms with E-state index in [2.05, 4.69) is 4.90 Å². The van der Waals surface area contributed by atoms with Gasteiger partial charge >= 0.3 is 0 Å². The maximum absolute atomic E-state index is 12.3. The van der Waals surface area contributed by atoms with Crippen molar-refractivity contribution in [1.82, 2.24) is 4.90 Å². The minimum Gasteiger partial charge on any atom is -0.493 e. The predicted molar refractivity (Wildman–Crippen MR) is 83.4 cm³/mol. The Hall–Kier alpha value is -1.75. The van der Waals surface area contributed by atoms with Crippen molar-refractivity contribution in [2.75, 3.05) is 39.8 Å². The highest BCUT2D eigenvalue weighted by Gasteiger charge is 2.30. The average Bonchev–Trinajstić information content (AvgIpc) is 2.51. The van der Waals surface area contributed by atoms with Crippen LogP contribution >= 0.6 is 0 Å². The summed E-state index contributed by atoms with van der Waals surface area (Å²) in [5.74, 6) is 1.50. The zero-order valence-corrected chi connectivity index (χ0v) is 13.5. The summed E-state index contributed by atoms with van der Waals surface area (Å²) in [4.78, 5) is 16.3. The number of rotatable bonds is 4. The molecule has 0 saturated heterocycles. The molecule has 2 rings (SSSR count). The van der Waals surface area contributed by atoms with Gasteiger partial charge in [-0.15, -0.1) is 0 Å². The number of methoxy groups -OCH3 is 2. The largest absolute Gasteiger partial charge is 0.493 e. The lowest BCUT2D eigenvalue weighted by Crippen LogP contribution is -2.48. The lowest BCUT2D eigenvalue weighted by Gasteiger charge is -2.38. The number of likely N-dealkylation sites (N-methyl/N-ethyl adjacent to an activating group) is 1. The fraction of sp³-hybridized carbons (Fsp3) is 0.562. The van der Waals surface area contributed by atoms with E-state index in [0.29, 0.717) is 30.5 Å². The molecule has 1 aliphatic rings. The van der Waals surface area contributed by atoms with E-state index in [9.17, 15) is 4.79 Å². The summed E-state index contributed by atoms with van der Waals surface area (Å²) in [6.45, 7) is 2.60. The average molecular weight is 292 g/mol. The van der Waals surface area contributed by atoms with Crippen LogP contribution in [0.3, 0.4) is 0 Å². The summed E-state index contributed by atoms with van der Waals surface area (Å²) in [6.07, 6.45) is 1.39. The molecular formula is C16H24N2O3. The topological polar surface area (TPSA) is 42.0 Å². The van der Waals surface area contributed by atoms with E-state index in [1.807, 2.05) is 38.1 Å².